The minimum absolute atomic E-state index is 0.151. The second-order valence-corrected chi connectivity index (χ2v) is 4.12. The first-order valence-electron chi connectivity index (χ1n) is 6.01. The van der Waals surface area contributed by atoms with E-state index in [1.54, 1.807) is 36.6 Å². The number of methoxy groups -OCH3 is 1. The van der Waals surface area contributed by atoms with Gasteiger partial charge in [0.2, 0.25) is 6.79 Å². The number of hydrogen-bond acceptors (Lipinski definition) is 5. The summed E-state index contributed by atoms with van der Waals surface area (Å²) in [6.07, 6.45) is 4.58. The first-order valence-corrected chi connectivity index (χ1v) is 6.01. The molecule has 2 aromatic rings. The molecule has 2 heterocycles. The van der Waals surface area contributed by atoms with Crippen molar-refractivity contribution < 1.29 is 23.4 Å². The lowest BCUT2D eigenvalue weighted by Gasteiger charge is -2.07. The Labute approximate surface area is 115 Å². The average Bonchev–Trinajstić information content (AvgIpc) is 3.13. The number of allylic oxidation sites excluding steroid dienone is 1. The molecule has 3 rings (SSSR count). The molecule has 0 saturated heterocycles. The summed E-state index contributed by atoms with van der Waals surface area (Å²) in [6, 6.07) is 6.79. The number of ketones is 1. The fourth-order valence-corrected chi connectivity index (χ4v) is 1.92. The normalized spacial score (nSPS) is 12.8. The van der Waals surface area contributed by atoms with Crippen molar-refractivity contribution in [2.45, 2.75) is 0 Å². The van der Waals surface area contributed by atoms with Gasteiger partial charge in [0.1, 0.15) is 11.5 Å². The van der Waals surface area contributed by atoms with Crippen molar-refractivity contribution in [2.24, 2.45) is 0 Å². The number of benzene rings is 1. The van der Waals surface area contributed by atoms with Gasteiger partial charge in [-0.25, -0.2) is 0 Å². The number of carbonyl (C=O) groups is 1. The molecule has 0 amide bonds. The van der Waals surface area contributed by atoms with Crippen LogP contribution in [0.25, 0.3) is 6.08 Å². The summed E-state index contributed by atoms with van der Waals surface area (Å²) in [5, 5.41) is 0. The van der Waals surface area contributed by atoms with Crippen LogP contribution in [0.5, 0.6) is 17.2 Å². The number of hydrogen-bond donors (Lipinski definition) is 0. The number of ether oxygens (including phenoxy) is 3. The maximum atomic E-state index is 12.2. The highest BCUT2D eigenvalue weighted by Gasteiger charge is 2.20. The van der Waals surface area contributed by atoms with Gasteiger partial charge in [-0.1, -0.05) is 0 Å². The second-order valence-electron chi connectivity index (χ2n) is 4.12. The number of fused-ring (bicyclic) bond motifs is 1. The second kappa shape index (κ2) is 5.13. The maximum Gasteiger partial charge on any atom is 0.231 e. The van der Waals surface area contributed by atoms with Crippen LogP contribution in [0.1, 0.15) is 16.1 Å². The van der Waals surface area contributed by atoms with Gasteiger partial charge in [-0.15, -0.1) is 0 Å². The van der Waals surface area contributed by atoms with E-state index in [0.717, 1.165) is 0 Å². The molecular weight excluding hydrogens is 260 g/mol. The molecule has 0 aliphatic carbocycles. The molecule has 1 aliphatic heterocycles. The van der Waals surface area contributed by atoms with Gasteiger partial charge in [0.25, 0.3) is 0 Å². The first kappa shape index (κ1) is 12.3. The molecule has 5 nitrogen and oxygen atoms in total. The van der Waals surface area contributed by atoms with Crippen molar-refractivity contribution in [3.8, 4) is 17.2 Å². The fourth-order valence-electron chi connectivity index (χ4n) is 1.92. The van der Waals surface area contributed by atoms with E-state index in [9.17, 15) is 4.79 Å². The van der Waals surface area contributed by atoms with Crippen LogP contribution < -0.4 is 14.2 Å². The first-order chi connectivity index (χ1) is 9.78. The van der Waals surface area contributed by atoms with Crippen molar-refractivity contribution in [1.82, 2.24) is 0 Å². The molecule has 102 valence electrons. The molecule has 0 atom stereocenters. The van der Waals surface area contributed by atoms with E-state index in [2.05, 4.69) is 0 Å². The molecule has 5 heteroatoms. The molecule has 0 spiro atoms. The Morgan fingerprint density at radius 3 is 2.80 bits per heavy atom. The van der Waals surface area contributed by atoms with E-state index in [4.69, 9.17) is 18.6 Å². The summed E-state index contributed by atoms with van der Waals surface area (Å²) in [5.41, 5.74) is 0.416. The van der Waals surface area contributed by atoms with E-state index in [1.807, 2.05) is 0 Å². The minimum atomic E-state index is -0.198. The van der Waals surface area contributed by atoms with Crippen LogP contribution in [0, 0.1) is 0 Å². The van der Waals surface area contributed by atoms with Gasteiger partial charge in [-0.05, 0) is 30.4 Å². The summed E-state index contributed by atoms with van der Waals surface area (Å²) in [5.74, 6) is 1.98. The van der Waals surface area contributed by atoms with Gasteiger partial charge in [-0.2, -0.15) is 0 Å². The summed E-state index contributed by atoms with van der Waals surface area (Å²) < 4.78 is 20.9. The van der Waals surface area contributed by atoms with Crippen molar-refractivity contribution in [3.63, 3.8) is 0 Å². The average molecular weight is 272 g/mol. The highest BCUT2D eigenvalue weighted by Crippen LogP contribution is 2.38. The van der Waals surface area contributed by atoms with Gasteiger partial charge in [0.05, 0.1) is 18.9 Å². The molecule has 1 aromatic heterocycles. The predicted octanol–water partition coefficient (Wildman–Crippen LogP) is 2.91. The molecule has 0 N–H and O–H groups in total. The summed E-state index contributed by atoms with van der Waals surface area (Å²) >= 11 is 0. The molecular formula is C15H12O5. The van der Waals surface area contributed by atoms with Gasteiger partial charge < -0.3 is 18.6 Å². The summed E-state index contributed by atoms with van der Waals surface area (Å²) in [7, 11) is 1.50. The van der Waals surface area contributed by atoms with E-state index >= 15 is 0 Å². The van der Waals surface area contributed by atoms with Gasteiger partial charge >= 0.3 is 0 Å². The molecule has 0 radical (unpaired) electrons. The third kappa shape index (κ3) is 2.25. The Morgan fingerprint density at radius 2 is 2.10 bits per heavy atom. The quantitative estimate of drug-likeness (QED) is 0.632. The van der Waals surface area contributed by atoms with E-state index in [-0.39, 0.29) is 12.6 Å². The lowest BCUT2D eigenvalue weighted by molar-refractivity contribution is 0.104. The molecule has 1 aliphatic rings. The number of carbonyl (C=O) groups excluding carboxylic acids is 1. The zero-order valence-electron chi connectivity index (χ0n) is 10.8. The largest absolute Gasteiger partial charge is 0.496 e. The van der Waals surface area contributed by atoms with Crippen LogP contribution in [0.2, 0.25) is 0 Å². The topological polar surface area (TPSA) is 57.9 Å². The Morgan fingerprint density at radius 1 is 1.30 bits per heavy atom. The Balaban J connectivity index is 1.91. The monoisotopic (exact) mass is 272 g/mol. The van der Waals surface area contributed by atoms with Crippen molar-refractivity contribution in [3.05, 3.63) is 47.9 Å². The molecule has 20 heavy (non-hydrogen) atoms. The molecule has 0 fully saturated rings. The van der Waals surface area contributed by atoms with Crippen LogP contribution in [-0.4, -0.2) is 19.7 Å². The predicted molar refractivity (Wildman–Crippen MR) is 71.2 cm³/mol. The van der Waals surface area contributed by atoms with Crippen LogP contribution in [0.15, 0.2) is 41.0 Å². The van der Waals surface area contributed by atoms with Gasteiger partial charge in [-0.3, -0.25) is 4.79 Å². The van der Waals surface area contributed by atoms with E-state index < -0.39 is 0 Å². The van der Waals surface area contributed by atoms with E-state index in [0.29, 0.717) is 28.6 Å². The van der Waals surface area contributed by atoms with Crippen molar-refractivity contribution >= 4 is 11.9 Å². The van der Waals surface area contributed by atoms with Crippen LogP contribution in [0.4, 0.5) is 0 Å². The Bertz CT molecular complexity index is 655. The highest BCUT2D eigenvalue weighted by atomic mass is 16.7. The fraction of sp³-hybridized carbons (Fsp3) is 0.133. The third-order valence-electron chi connectivity index (χ3n) is 2.90. The lowest BCUT2D eigenvalue weighted by atomic mass is 10.1. The number of rotatable bonds is 4. The Hall–Kier alpha value is -2.69. The smallest absolute Gasteiger partial charge is 0.231 e. The lowest BCUT2D eigenvalue weighted by Crippen LogP contribution is -1.99. The molecule has 0 bridgehead atoms. The van der Waals surface area contributed by atoms with Crippen molar-refractivity contribution in [2.75, 3.05) is 13.9 Å². The van der Waals surface area contributed by atoms with Crippen LogP contribution >= 0.6 is 0 Å². The standard InChI is InChI=1S/C15H12O5/c1-17-13-8-15-14(19-9-20-15)7-11(13)12(16)5-4-10-3-2-6-18-10/h2-8H,9H2,1H3/b5-4+. The maximum absolute atomic E-state index is 12.2. The van der Waals surface area contributed by atoms with Crippen LogP contribution in [-0.2, 0) is 0 Å². The third-order valence-corrected chi connectivity index (χ3v) is 2.90. The zero-order valence-corrected chi connectivity index (χ0v) is 10.8. The molecule has 0 saturated carbocycles. The van der Waals surface area contributed by atoms with E-state index in [1.165, 1.54) is 13.2 Å². The van der Waals surface area contributed by atoms with Gasteiger partial charge in [0.15, 0.2) is 17.3 Å². The van der Waals surface area contributed by atoms with Crippen LogP contribution in [0.3, 0.4) is 0 Å². The summed E-state index contributed by atoms with van der Waals surface area (Å²) in [6.45, 7) is 0.151. The van der Waals surface area contributed by atoms with Gasteiger partial charge in [0, 0.05) is 6.07 Å². The SMILES string of the molecule is COc1cc2c(cc1C(=O)/C=C/c1ccco1)OCO2. The zero-order chi connectivity index (χ0) is 13.9. The number of furan rings is 1. The minimum Gasteiger partial charge on any atom is -0.496 e. The molecule has 1 aromatic carbocycles. The summed E-state index contributed by atoms with van der Waals surface area (Å²) in [4.78, 5) is 12.2. The molecule has 0 unspecified atom stereocenters. The Kier molecular flexibility index (Phi) is 3.16. The highest BCUT2D eigenvalue weighted by molar-refractivity contribution is 6.09. The van der Waals surface area contributed by atoms with Crippen molar-refractivity contribution in [1.29, 1.82) is 0 Å².